The van der Waals surface area contributed by atoms with Gasteiger partial charge in [0.15, 0.2) is 0 Å². The highest BCUT2D eigenvalue weighted by Gasteiger charge is 2.16. The van der Waals surface area contributed by atoms with E-state index >= 15 is 0 Å². The third-order valence-corrected chi connectivity index (χ3v) is 2.56. The lowest BCUT2D eigenvalue weighted by Crippen LogP contribution is -2.23. The van der Waals surface area contributed by atoms with Crippen molar-refractivity contribution in [3.05, 3.63) is 33.8 Å². The summed E-state index contributed by atoms with van der Waals surface area (Å²) in [5.74, 6) is 0. The molecule has 3 heteroatoms. The van der Waals surface area contributed by atoms with Crippen molar-refractivity contribution in [2.75, 3.05) is 6.61 Å². The monoisotopic (exact) mass is 227 g/mol. The Bertz CT molecular complexity index is 301. The van der Waals surface area contributed by atoms with Crippen molar-refractivity contribution in [2.45, 2.75) is 12.6 Å². The van der Waals surface area contributed by atoms with Gasteiger partial charge in [0.1, 0.15) is 0 Å². The van der Waals surface area contributed by atoms with Gasteiger partial charge in [-0.15, -0.1) is 0 Å². The maximum absolute atomic E-state index is 5.87. The summed E-state index contributed by atoms with van der Waals surface area (Å²) in [6.45, 7) is 1.32. The number of nitrogens with two attached hydrogens (primary N) is 1. The predicted molar refractivity (Wildman–Crippen MR) is 50.7 cm³/mol. The number of hydrogen-bond donors (Lipinski definition) is 1. The smallest absolute Gasteiger partial charge is 0.0721 e. The third-order valence-electron chi connectivity index (χ3n) is 2.06. The summed E-state index contributed by atoms with van der Waals surface area (Å²) in [4.78, 5) is 0. The molecule has 2 rings (SSSR count). The lowest BCUT2D eigenvalue weighted by Gasteiger charge is -2.22. The van der Waals surface area contributed by atoms with Gasteiger partial charge < -0.3 is 10.5 Å². The van der Waals surface area contributed by atoms with Crippen LogP contribution >= 0.6 is 15.9 Å². The average Bonchev–Trinajstić information content (AvgIpc) is 2.07. The van der Waals surface area contributed by atoms with Crippen molar-refractivity contribution in [1.82, 2.24) is 0 Å². The molecule has 2 N–H and O–H groups in total. The van der Waals surface area contributed by atoms with Crippen molar-refractivity contribution in [1.29, 1.82) is 0 Å². The van der Waals surface area contributed by atoms with Crippen LogP contribution in [0.1, 0.15) is 17.2 Å². The molecule has 0 saturated carbocycles. The minimum absolute atomic E-state index is 0.0336. The number of hydrogen-bond acceptors (Lipinski definition) is 2. The molecular formula is C9H10BrNO. The zero-order valence-corrected chi connectivity index (χ0v) is 8.17. The van der Waals surface area contributed by atoms with Gasteiger partial charge in [-0.25, -0.2) is 0 Å². The molecule has 0 spiro atoms. The molecule has 1 aromatic carbocycles. The first-order valence-corrected chi connectivity index (χ1v) is 4.68. The van der Waals surface area contributed by atoms with Crippen LogP contribution in [-0.2, 0) is 11.3 Å². The Kier molecular flexibility index (Phi) is 2.17. The van der Waals surface area contributed by atoms with Gasteiger partial charge >= 0.3 is 0 Å². The quantitative estimate of drug-likeness (QED) is 0.736. The Morgan fingerprint density at radius 2 is 2.33 bits per heavy atom. The zero-order valence-electron chi connectivity index (χ0n) is 6.59. The number of halogens is 1. The molecule has 1 aromatic rings. The molecule has 1 heterocycles. The minimum Gasteiger partial charge on any atom is -0.375 e. The molecule has 1 atom stereocenters. The molecule has 0 aliphatic carbocycles. The molecule has 0 aromatic heterocycles. The molecule has 0 fully saturated rings. The molecular weight excluding hydrogens is 218 g/mol. The number of ether oxygens (including phenoxy) is 1. The first-order chi connectivity index (χ1) is 5.77. The summed E-state index contributed by atoms with van der Waals surface area (Å²) in [6.07, 6.45) is 0. The van der Waals surface area contributed by atoms with Crippen molar-refractivity contribution in [3.8, 4) is 0 Å². The van der Waals surface area contributed by atoms with Crippen LogP contribution in [0.15, 0.2) is 22.7 Å². The molecule has 12 heavy (non-hydrogen) atoms. The Balaban J connectivity index is 2.47. The van der Waals surface area contributed by atoms with E-state index in [1.54, 1.807) is 0 Å². The van der Waals surface area contributed by atoms with E-state index in [0.717, 1.165) is 4.47 Å². The fourth-order valence-corrected chi connectivity index (χ4v) is 1.81. The number of rotatable bonds is 0. The molecule has 2 nitrogen and oxygen atoms in total. The van der Waals surface area contributed by atoms with Gasteiger partial charge in [0, 0.05) is 4.47 Å². The summed E-state index contributed by atoms with van der Waals surface area (Å²) in [6, 6.07) is 6.17. The lowest BCUT2D eigenvalue weighted by molar-refractivity contribution is 0.0924. The highest BCUT2D eigenvalue weighted by atomic mass is 79.9. The van der Waals surface area contributed by atoms with E-state index in [1.165, 1.54) is 11.1 Å². The van der Waals surface area contributed by atoms with Gasteiger partial charge in [-0.05, 0) is 23.3 Å². The second-order valence-corrected chi connectivity index (χ2v) is 3.88. The van der Waals surface area contributed by atoms with Crippen LogP contribution in [0.5, 0.6) is 0 Å². The highest BCUT2D eigenvalue weighted by molar-refractivity contribution is 9.10. The SMILES string of the molecule is NC1COCc2ccc(Br)cc21. The fraction of sp³-hybridized carbons (Fsp3) is 0.333. The first kappa shape index (κ1) is 8.23. The molecule has 0 bridgehead atoms. The average molecular weight is 228 g/mol. The van der Waals surface area contributed by atoms with E-state index in [2.05, 4.69) is 28.1 Å². The second kappa shape index (κ2) is 3.17. The van der Waals surface area contributed by atoms with E-state index in [9.17, 15) is 0 Å². The maximum Gasteiger partial charge on any atom is 0.0721 e. The minimum atomic E-state index is 0.0336. The Morgan fingerprint density at radius 3 is 3.17 bits per heavy atom. The van der Waals surface area contributed by atoms with Gasteiger partial charge in [-0.3, -0.25) is 0 Å². The topological polar surface area (TPSA) is 35.2 Å². The summed E-state index contributed by atoms with van der Waals surface area (Å²) in [5, 5.41) is 0. The lowest BCUT2D eigenvalue weighted by atomic mass is 10.0. The summed E-state index contributed by atoms with van der Waals surface area (Å²) in [5.41, 5.74) is 8.28. The van der Waals surface area contributed by atoms with Crippen LogP contribution in [-0.4, -0.2) is 6.61 Å². The van der Waals surface area contributed by atoms with Crippen LogP contribution in [0.3, 0.4) is 0 Å². The Hall–Kier alpha value is -0.380. The normalized spacial score (nSPS) is 22.0. The van der Waals surface area contributed by atoms with Crippen molar-refractivity contribution < 1.29 is 4.74 Å². The summed E-state index contributed by atoms with van der Waals surface area (Å²) < 4.78 is 6.39. The zero-order chi connectivity index (χ0) is 8.55. The van der Waals surface area contributed by atoms with Crippen LogP contribution in [0.2, 0.25) is 0 Å². The van der Waals surface area contributed by atoms with Gasteiger partial charge in [-0.1, -0.05) is 22.0 Å². The molecule has 0 amide bonds. The van der Waals surface area contributed by atoms with Crippen molar-refractivity contribution in [2.24, 2.45) is 5.73 Å². The molecule has 1 unspecified atom stereocenters. The summed E-state index contributed by atoms with van der Waals surface area (Å²) in [7, 11) is 0. The number of benzene rings is 1. The first-order valence-electron chi connectivity index (χ1n) is 3.89. The van der Waals surface area contributed by atoms with Crippen LogP contribution < -0.4 is 5.73 Å². The van der Waals surface area contributed by atoms with Crippen molar-refractivity contribution >= 4 is 15.9 Å². The van der Waals surface area contributed by atoms with Crippen molar-refractivity contribution in [3.63, 3.8) is 0 Å². The van der Waals surface area contributed by atoms with E-state index < -0.39 is 0 Å². The largest absolute Gasteiger partial charge is 0.375 e. The molecule has 0 saturated heterocycles. The second-order valence-electron chi connectivity index (χ2n) is 2.96. The van der Waals surface area contributed by atoms with E-state index in [1.807, 2.05) is 6.07 Å². The van der Waals surface area contributed by atoms with E-state index in [0.29, 0.717) is 13.2 Å². The predicted octanol–water partition coefficient (Wildman–Crippen LogP) is 1.98. The molecule has 64 valence electrons. The van der Waals surface area contributed by atoms with E-state index in [4.69, 9.17) is 10.5 Å². The maximum atomic E-state index is 5.87. The third kappa shape index (κ3) is 1.40. The van der Waals surface area contributed by atoms with Gasteiger partial charge in [0.25, 0.3) is 0 Å². The van der Waals surface area contributed by atoms with Crippen LogP contribution in [0.4, 0.5) is 0 Å². The van der Waals surface area contributed by atoms with Gasteiger partial charge in [0.05, 0.1) is 19.3 Å². The molecule has 1 aliphatic rings. The summed E-state index contributed by atoms with van der Waals surface area (Å²) >= 11 is 3.42. The molecule has 0 radical (unpaired) electrons. The standard InChI is InChI=1S/C9H10BrNO/c10-7-2-1-6-4-12-5-9(11)8(6)3-7/h1-3,9H,4-5,11H2. The van der Waals surface area contributed by atoms with Gasteiger partial charge in [-0.2, -0.15) is 0 Å². The Labute approximate surface area is 79.8 Å². The number of fused-ring (bicyclic) bond motifs is 1. The van der Waals surface area contributed by atoms with Crippen LogP contribution in [0, 0.1) is 0 Å². The van der Waals surface area contributed by atoms with Gasteiger partial charge in [0.2, 0.25) is 0 Å². The Morgan fingerprint density at radius 1 is 1.50 bits per heavy atom. The van der Waals surface area contributed by atoms with E-state index in [-0.39, 0.29) is 6.04 Å². The molecule has 1 aliphatic heterocycles. The highest BCUT2D eigenvalue weighted by Crippen LogP contribution is 2.25. The van der Waals surface area contributed by atoms with Crippen LogP contribution in [0.25, 0.3) is 0 Å². The fourth-order valence-electron chi connectivity index (χ4n) is 1.43.